The maximum Gasteiger partial charge on any atom is 0.251 e. The van der Waals surface area contributed by atoms with Gasteiger partial charge >= 0.3 is 0 Å². The molecule has 0 aliphatic carbocycles. The van der Waals surface area contributed by atoms with Gasteiger partial charge in [0.25, 0.3) is 5.91 Å². The van der Waals surface area contributed by atoms with Gasteiger partial charge in [-0.25, -0.2) is 4.98 Å². The fourth-order valence-corrected chi connectivity index (χ4v) is 3.69. The van der Waals surface area contributed by atoms with Crippen LogP contribution in [-0.2, 0) is 6.54 Å². The molecule has 1 aliphatic rings. The highest BCUT2D eigenvalue weighted by Gasteiger charge is 2.13. The zero-order chi connectivity index (χ0) is 18.8. The third kappa shape index (κ3) is 3.68. The van der Waals surface area contributed by atoms with Gasteiger partial charge in [-0.1, -0.05) is 6.07 Å². The number of aryl methyl sites for hydroxylation is 2. The van der Waals surface area contributed by atoms with Crippen molar-refractivity contribution in [3.05, 3.63) is 58.9 Å². The summed E-state index contributed by atoms with van der Waals surface area (Å²) in [5.41, 5.74) is 6.26. The number of carbonyl (C=O) groups excluding carboxylic acids is 1. The Labute approximate surface area is 159 Å². The minimum atomic E-state index is -0.0754. The van der Waals surface area contributed by atoms with E-state index in [4.69, 9.17) is 0 Å². The zero-order valence-electron chi connectivity index (χ0n) is 16.0. The van der Waals surface area contributed by atoms with E-state index in [2.05, 4.69) is 40.1 Å². The monoisotopic (exact) mass is 362 g/mol. The molecule has 140 valence electrons. The maximum atomic E-state index is 12.5. The number of anilines is 1. The van der Waals surface area contributed by atoms with E-state index in [0.29, 0.717) is 12.1 Å². The molecule has 2 N–H and O–H groups in total. The zero-order valence-corrected chi connectivity index (χ0v) is 16.0. The van der Waals surface area contributed by atoms with Crippen LogP contribution in [-0.4, -0.2) is 29.0 Å². The summed E-state index contributed by atoms with van der Waals surface area (Å²) < 4.78 is 0. The average Bonchev–Trinajstić information content (AvgIpc) is 3.14. The molecule has 1 aromatic heterocycles. The minimum absolute atomic E-state index is 0.0754. The van der Waals surface area contributed by atoms with Crippen molar-refractivity contribution in [2.75, 3.05) is 18.0 Å². The molecule has 1 amide bonds. The lowest BCUT2D eigenvalue weighted by Crippen LogP contribution is -2.29. The van der Waals surface area contributed by atoms with Crippen LogP contribution in [0.5, 0.6) is 0 Å². The van der Waals surface area contributed by atoms with Crippen molar-refractivity contribution in [1.29, 1.82) is 0 Å². The first-order chi connectivity index (χ1) is 13.1. The number of benzene rings is 2. The Morgan fingerprint density at radius 3 is 2.56 bits per heavy atom. The lowest BCUT2D eigenvalue weighted by molar-refractivity contribution is 0.0950. The first-order valence-corrected chi connectivity index (χ1v) is 9.70. The summed E-state index contributed by atoms with van der Waals surface area (Å²) in [6.45, 7) is 6.76. The van der Waals surface area contributed by atoms with Gasteiger partial charge in [0, 0.05) is 24.3 Å². The Morgan fingerprint density at radius 1 is 1.07 bits per heavy atom. The Kier molecular flexibility index (Phi) is 4.84. The molecule has 1 fully saturated rings. The Balaban J connectivity index is 1.41. The van der Waals surface area contributed by atoms with Crippen LogP contribution >= 0.6 is 0 Å². The predicted molar refractivity (Wildman–Crippen MR) is 109 cm³/mol. The lowest BCUT2D eigenvalue weighted by Gasteiger charge is -2.28. The molecular weight excluding hydrogens is 336 g/mol. The summed E-state index contributed by atoms with van der Waals surface area (Å²) in [6, 6.07) is 12.0. The van der Waals surface area contributed by atoms with E-state index in [9.17, 15) is 4.79 Å². The third-order valence-corrected chi connectivity index (χ3v) is 5.49. The Hall–Kier alpha value is -2.82. The van der Waals surface area contributed by atoms with E-state index in [1.807, 2.05) is 30.3 Å². The number of nitrogens with one attached hydrogen (secondary N) is 2. The van der Waals surface area contributed by atoms with E-state index in [0.717, 1.165) is 29.9 Å². The largest absolute Gasteiger partial charge is 0.372 e. The molecular formula is C22H26N4O. The van der Waals surface area contributed by atoms with Gasteiger partial charge in [0.05, 0.1) is 17.6 Å². The number of imidazole rings is 1. The highest BCUT2D eigenvalue weighted by atomic mass is 16.1. The quantitative estimate of drug-likeness (QED) is 0.734. The molecule has 2 heterocycles. The maximum absolute atomic E-state index is 12.5. The number of carbonyl (C=O) groups is 1. The molecule has 5 heteroatoms. The van der Waals surface area contributed by atoms with Crippen molar-refractivity contribution in [2.45, 2.75) is 39.7 Å². The van der Waals surface area contributed by atoms with E-state index in [-0.39, 0.29) is 5.91 Å². The van der Waals surface area contributed by atoms with Gasteiger partial charge < -0.3 is 15.2 Å². The van der Waals surface area contributed by atoms with Gasteiger partial charge in [0.15, 0.2) is 0 Å². The third-order valence-electron chi connectivity index (χ3n) is 5.49. The lowest BCUT2D eigenvalue weighted by atomic mass is 10.1. The normalized spacial score (nSPS) is 14.5. The second-order valence-electron chi connectivity index (χ2n) is 7.36. The van der Waals surface area contributed by atoms with Gasteiger partial charge in [0.1, 0.15) is 5.82 Å². The van der Waals surface area contributed by atoms with Crippen molar-refractivity contribution in [3.8, 4) is 0 Å². The number of nitrogens with zero attached hydrogens (tertiary/aromatic N) is 2. The number of aromatic amines is 1. The van der Waals surface area contributed by atoms with Crippen LogP contribution in [0.3, 0.4) is 0 Å². The second-order valence-corrected chi connectivity index (χ2v) is 7.36. The SMILES string of the molecule is Cc1ccc2[nH]c(CNC(=O)c3ccc(N4CCCCC4)cc3)nc2c1C. The molecule has 0 bridgehead atoms. The van der Waals surface area contributed by atoms with Gasteiger partial charge in [0.2, 0.25) is 0 Å². The van der Waals surface area contributed by atoms with Crippen LogP contribution in [0.25, 0.3) is 11.0 Å². The van der Waals surface area contributed by atoms with Crippen molar-refractivity contribution in [3.63, 3.8) is 0 Å². The first-order valence-electron chi connectivity index (χ1n) is 9.70. The van der Waals surface area contributed by atoms with Crippen LogP contribution in [0.4, 0.5) is 5.69 Å². The summed E-state index contributed by atoms with van der Waals surface area (Å²) >= 11 is 0. The summed E-state index contributed by atoms with van der Waals surface area (Å²) in [5, 5.41) is 2.96. The van der Waals surface area contributed by atoms with E-state index in [1.165, 1.54) is 36.1 Å². The molecule has 1 aliphatic heterocycles. The highest BCUT2D eigenvalue weighted by Crippen LogP contribution is 2.21. The number of rotatable bonds is 4. The molecule has 4 rings (SSSR count). The summed E-state index contributed by atoms with van der Waals surface area (Å²) in [7, 11) is 0. The fourth-order valence-electron chi connectivity index (χ4n) is 3.69. The number of hydrogen-bond donors (Lipinski definition) is 2. The smallest absolute Gasteiger partial charge is 0.251 e. The second kappa shape index (κ2) is 7.43. The molecule has 0 radical (unpaired) electrons. The molecule has 0 saturated carbocycles. The topological polar surface area (TPSA) is 61.0 Å². The minimum Gasteiger partial charge on any atom is -0.372 e. The average molecular weight is 362 g/mol. The first kappa shape index (κ1) is 17.6. The van der Waals surface area contributed by atoms with Crippen molar-refractivity contribution >= 4 is 22.6 Å². The number of amides is 1. The van der Waals surface area contributed by atoms with Crippen LogP contribution in [0.1, 0.15) is 46.6 Å². The van der Waals surface area contributed by atoms with Crippen molar-refractivity contribution in [2.24, 2.45) is 0 Å². The molecule has 2 aromatic carbocycles. The van der Waals surface area contributed by atoms with E-state index >= 15 is 0 Å². The van der Waals surface area contributed by atoms with Crippen LogP contribution in [0, 0.1) is 13.8 Å². The Bertz CT molecular complexity index is 952. The van der Waals surface area contributed by atoms with Crippen LogP contribution in [0.2, 0.25) is 0 Å². The predicted octanol–water partition coefficient (Wildman–Crippen LogP) is 4.10. The standard InChI is InChI=1S/C22H26N4O/c1-15-6-11-19-21(16(15)2)25-20(24-19)14-23-22(27)17-7-9-18(10-8-17)26-12-4-3-5-13-26/h6-11H,3-5,12-14H2,1-2H3,(H,23,27)(H,24,25). The number of fused-ring (bicyclic) bond motifs is 1. The molecule has 3 aromatic rings. The number of hydrogen-bond acceptors (Lipinski definition) is 3. The summed E-state index contributed by atoms with van der Waals surface area (Å²) in [6.07, 6.45) is 3.81. The van der Waals surface area contributed by atoms with Crippen molar-refractivity contribution < 1.29 is 4.79 Å². The van der Waals surface area contributed by atoms with E-state index in [1.54, 1.807) is 0 Å². The fraction of sp³-hybridized carbons (Fsp3) is 0.364. The summed E-state index contributed by atoms with van der Waals surface area (Å²) in [4.78, 5) is 22.8. The molecule has 5 nitrogen and oxygen atoms in total. The molecule has 0 spiro atoms. The molecule has 1 saturated heterocycles. The summed E-state index contributed by atoms with van der Waals surface area (Å²) in [5.74, 6) is 0.700. The number of aromatic nitrogens is 2. The van der Waals surface area contributed by atoms with Gasteiger partial charge in [-0.05, 0) is 74.6 Å². The number of H-pyrrole nitrogens is 1. The van der Waals surface area contributed by atoms with Gasteiger partial charge in [-0.15, -0.1) is 0 Å². The van der Waals surface area contributed by atoms with Gasteiger partial charge in [-0.2, -0.15) is 0 Å². The van der Waals surface area contributed by atoms with Crippen LogP contribution < -0.4 is 10.2 Å². The molecule has 0 atom stereocenters. The molecule has 0 unspecified atom stereocenters. The van der Waals surface area contributed by atoms with Gasteiger partial charge in [-0.3, -0.25) is 4.79 Å². The molecule has 27 heavy (non-hydrogen) atoms. The highest BCUT2D eigenvalue weighted by molar-refractivity contribution is 5.94. The van der Waals surface area contributed by atoms with E-state index < -0.39 is 0 Å². The number of piperidine rings is 1. The Morgan fingerprint density at radius 2 is 1.81 bits per heavy atom. The van der Waals surface area contributed by atoms with Crippen LogP contribution in [0.15, 0.2) is 36.4 Å². The van der Waals surface area contributed by atoms with Crippen molar-refractivity contribution in [1.82, 2.24) is 15.3 Å².